The second kappa shape index (κ2) is 9.69. The zero-order valence-corrected chi connectivity index (χ0v) is 20.9. The molecule has 1 N–H and O–H groups in total. The molecule has 9 heteroatoms. The SMILES string of the molecule is CCN1CCN(c2ccc(NC(=O)Cn3cnc4scc(-c5cccs5)c4c3=O)c(C)c2)CC1. The molecule has 0 saturated carbocycles. The molecule has 1 saturated heterocycles. The number of nitrogens with zero attached hydrogens (tertiary/aromatic N) is 4. The molecular formula is C25H27N5O2S2. The van der Waals surface area contributed by atoms with Gasteiger partial charge in [-0.25, -0.2) is 4.98 Å². The molecular weight excluding hydrogens is 466 g/mol. The largest absolute Gasteiger partial charge is 0.369 e. The Balaban J connectivity index is 1.30. The Morgan fingerprint density at radius 2 is 1.97 bits per heavy atom. The fourth-order valence-electron chi connectivity index (χ4n) is 4.34. The first-order valence-corrected chi connectivity index (χ1v) is 13.2. The van der Waals surface area contributed by atoms with E-state index in [9.17, 15) is 9.59 Å². The monoisotopic (exact) mass is 493 g/mol. The molecule has 1 aromatic carbocycles. The fourth-order valence-corrected chi connectivity index (χ4v) is 6.07. The van der Waals surface area contributed by atoms with E-state index < -0.39 is 0 Å². The lowest BCUT2D eigenvalue weighted by molar-refractivity contribution is -0.116. The maximum Gasteiger partial charge on any atom is 0.263 e. The van der Waals surface area contributed by atoms with Crippen LogP contribution in [-0.2, 0) is 11.3 Å². The van der Waals surface area contributed by atoms with Crippen molar-refractivity contribution in [1.29, 1.82) is 0 Å². The lowest BCUT2D eigenvalue weighted by atomic mass is 10.1. The molecule has 1 aliphatic heterocycles. The number of fused-ring (bicyclic) bond motifs is 1. The van der Waals surface area contributed by atoms with Crippen molar-refractivity contribution in [2.24, 2.45) is 0 Å². The van der Waals surface area contributed by atoms with E-state index in [-0.39, 0.29) is 18.0 Å². The first-order valence-electron chi connectivity index (χ1n) is 11.4. The van der Waals surface area contributed by atoms with Crippen LogP contribution in [-0.4, -0.2) is 53.1 Å². The van der Waals surface area contributed by atoms with Crippen LogP contribution >= 0.6 is 22.7 Å². The number of carbonyl (C=O) groups excluding carboxylic acids is 1. The number of nitrogens with one attached hydrogen (secondary N) is 1. The lowest BCUT2D eigenvalue weighted by Gasteiger charge is -2.35. The molecule has 1 fully saturated rings. The Morgan fingerprint density at radius 1 is 1.15 bits per heavy atom. The number of carbonyl (C=O) groups is 1. The van der Waals surface area contributed by atoms with Crippen molar-refractivity contribution in [2.75, 3.05) is 42.9 Å². The number of anilines is 2. The van der Waals surface area contributed by atoms with E-state index in [4.69, 9.17) is 0 Å². The van der Waals surface area contributed by atoms with Crippen molar-refractivity contribution < 1.29 is 4.79 Å². The quantitative estimate of drug-likeness (QED) is 0.434. The average Bonchev–Trinajstić information content (AvgIpc) is 3.52. The Morgan fingerprint density at radius 3 is 2.68 bits per heavy atom. The van der Waals surface area contributed by atoms with Gasteiger partial charge in [0.15, 0.2) is 0 Å². The van der Waals surface area contributed by atoms with Crippen LogP contribution in [0.4, 0.5) is 11.4 Å². The van der Waals surface area contributed by atoms with Crippen molar-refractivity contribution in [3.63, 3.8) is 0 Å². The summed E-state index contributed by atoms with van der Waals surface area (Å²) in [6.07, 6.45) is 1.46. The lowest BCUT2D eigenvalue weighted by Crippen LogP contribution is -2.46. The molecule has 34 heavy (non-hydrogen) atoms. The summed E-state index contributed by atoms with van der Waals surface area (Å²) in [5.74, 6) is -0.247. The van der Waals surface area contributed by atoms with Crippen LogP contribution in [0.25, 0.3) is 20.7 Å². The number of hydrogen-bond acceptors (Lipinski definition) is 7. The van der Waals surface area contributed by atoms with Crippen molar-refractivity contribution in [3.05, 3.63) is 63.3 Å². The number of thiophene rings is 2. The van der Waals surface area contributed by atoms with Crippen molar-refractivity contribution >= 4 is 50.2 Å². The van der Waals surface area contributed by atoms with E-state index >= 15 is 0 Å². The number of hydrogen-bond donors (Lipinski definition) is 1. The molecule has 1 aliphatic rings. The van der Waals surface area contributed by atoms with Crippen molar-refractivity contribution in [3.8, 4) is 10.4 Å². The predicted molar refractivity (Wildman–Crippen MR) is 141 cm³/mol. The number of amides is 1. The molecule has 7 nitrogen and oxygen atoms in total. The summed E-state index contributed by atoms with van der Waals surface area (Å²) in [4.78, 5) is 37.0. The molecule has 0 spiro atoms. The summed E-state index contributed by atoms with van der Waals surface area (Å²) in [5.41, 5.74) is 3.63. The second-order valence-corrected chi connectivity index (χ2v) is 10.3. The number of piperazine rings is 1. The van der Waals surface area contributed by atoms with E-state index in [0.29, 0.717) is 10.2 Å². The topological polar surface area (TPSA) is 70.5 Å². The smallest absolute Gasteiger partial charge is 0.263 e. The third-order valence-corrected chi connectivity index (χ3v) is 8.12. The second-order valence-electron chi connectivity index (χ2n) is 8.45. The van der Waals surface area contributed by atoms with Crippen molar-refractivity contribution in [1.82, 2.24) is 14.5 Å². The van der Waals surface area contributed by atoms with Gasteiger partial charge in [-0.15, -0.1) is 22.7 Å². The first kappa shape index (κ1) is 22.8. The Hall–Kier alpha value is -3.01. The van der Waals surface area contributed by atoms with Crippen LogP contribution in [0.3, 0.4) is 0 Å². The van der Waals surface area contributed by atoms with E-state index in [1.807, 2.05) is 35.9 Å². The van der Waals surface area contributed by atoms with Gasteiger partial charge >= 0.3 is 0 Å². The van der Waals surface area contributed by atoms with E-state index in [2.05, 4.69) is 39.2 Å². The molecule has 176 valence electrons. The molecule has 5 rings (SSSR count). The summed E-state index contributed by atoms with van der Waals surface area (Å²) in [5, 5.41) is 7.49. The standard InChI is InChI=1S/C25H27N5O2S2/c1-3-28-8-10-29(11-9-28)18-6-7-20(17(2)13-18)27-22(31)14-30-16-26-24-23(25(30)32)19(15-34-24)21-5-4-12-33-21/h4-7,12-13,15-16H,3,8-11,14H2,1-2H3,(H,27,31). The van der Waals surface area contributed by atoms with Gasteiger partial charge in [0.25, 0.3) is 5.56 Å². The Bertz CT molecular complexity index is 1370. The minimum atomic E-state index is -0.247. The fraction of sp³-hybridized carbons (Fsp3) is 0.320. The summed E-state index contributed by atoms with van der Waals surface area (Å²) in [6.45, 7) is 9.36. The Kier molecular flexibility index (Phi) is 6.49. The molecule has 0 bridgehead atoms. The van der Waals surface area contributed by atoms with Gasteiger partial charge in [0.2, 0.25) is 5.91 Å². The maximum atomic E-state index is 13.2. The number of likely N-dealkylation sites (N-methyl/N-ethyl adjacent to an activating group) is 1. The highest BCUT2D eigenvalue weighted by molar-refractivity contribution is 7.18. The number of benzene rings is 1. The zero-order valence-electron chi connectivity index (χ0n) is 19.3. The maximum absolute atomic E-state index is 13.2. The van der Waals surface area contributed by atoms with E-state index in [0.717, 1.165) is 54.4 Å². The average molecular weight is 494 g/mol. The molecule has 0 unspecified atom stereocenters. The van der Waals surface area contributed by atoms with Crippen LogP contribution in [0, 0.1) is 6.92 Å². The zero-order chi connectivity index (χ0) is 23.7. The van der Waals surface area contributed by atoms with Crippen LogP contribution in [0.1, 0.15) is 12.5 Å². The van der Waals surface area contributed by atoms with Gasteiger partial charge in [0.1, 0.15) is 11.4 Å². The minimum absolute atomic E-state index is 0.0817. The first-order chi connectivity index (χ1) is 16.5. The molecule has 4 aromatic rings. The summed E-state index contributed by atoms with van der Waals surface area (Å²) in [6, 6.07) is 10.1. The molecule has 1 amide bonds. The van der Waals surface area contributed by atoms with Gasteiger partial charge in [-0.05, 0) is 48.7 Å². The van der Waals surface area contributed by atoms with Crippen LogP contribution in [0.15, 0.2) is 52.2 Å². The summed E-state index contributed by atoms with van der Waals surface area (Å²) >= 11 is 3.03. The molecule has 3 aromatic heterocycles. The third kappa shape index (κ3) is 4.51. The minimum Gasteiger partial charge on any atom is -0.369 e. The highest BCUT2D eigenvalue weighted by Gasteiger charge is 2.18. The van der Waals surface area contributed by atoms with E-state index in [1.54, 1.807) is 11.3 Å². The summed E-state index contributed by atoms with van der Waals surface area (Å²) in [7, 11) is 0. The highest BCUT2D eigenvalue weighted by atomic mass is 32.1. The Labute approximate surface area is 206 Å². The van der Waals surface area contributed by atoms with Crippen molar-refractivity contribution in [2.45, 2.75) is 20.4 Å². The molecule has 0 atom stereocenters. The van der Waals surface area contributed by atoms with Crippen LogP contribution in [0.2, 0.25) is 0 Å². The van der Waals surface area contributed by atoms with Gasteiger partial charge in [-0.3, -0.25) is 14.2 Å². The van der Waals surface area contributed by atoms with Crippen LogP contribution in [0.5, 0.6) is 0 Å². The van der Waals surface area contributed by atoms with Gasteiger partial charge in [0.05, 0.1) is 11.7 Å². The molecule has 4 heterocycles. The van der Waals surface area contributed by atoms with E-state index in [1.165, 1.54) is 27.9 Å². The third-order valence-electron chi connectivity index (χ3n) is 6.33. The summed E-state index contributed by atoms with van der Waals surface area (Å²) < 4.78 is 1.39. The van der Waals surface area contributed by atoms with Gasteiger partial charge in [-0.1, -0.05) is 13.0 Å². The van der Waals surface area contributed by atoms with Gasteiger partial charge in [-0.2, -0.15) is 0 Å². The van der Waals surface area contributed by atoms with Gasteiger partial charge in [0, 0.05) is 53.4 Å². The molecule has 0 aliphatic carbocycles. The van der Waals surface area contributed by atoms with Gasteiger partial charge < -0.3 is 15.1 Å². The number of rotatable bonds is 6. The molecule has 0 radical (unpaired) electrons. The van der Waals surface area contributed by atoms with Crippen LogP contribution < -0.4 is 15.8 Å². The predicted octanol–water partition coefficient (Wildman–Crippen LogP) is 4.28. The number of aryl methyl sites for hydroxylation is 1. The highest BCUT2D eigenvalue weighted by Crippen LogP contribution is 2.33. The normalized spacial score (nSPS) is 14.6. The number of aromatic nitrogens is 2.